The van der Waals surface area contributed by atoms with Crippen molar-refractivity contribution in [1.82, 2.24) is 5.32 Å². The molecule has 0 atom stereocenters. The molecule has 0 aliphatic rings. The molecule has 0 heterocycles. The highest BCUT2D eigenvalue weighted by molar-refractivity contribution is 6.15. The van der Waals surface area contributed by atoms with Crippen molar-refractivity contribution in [2.24, 2.45) is 0 Å². The molecule has 1 rings (SSSR count). The Morgan fingerprint density at radius 3 is 2.32 bits per heavy atom. The first-order chi connectivity index (χ1) is 10.3. The van der Waals surface area contributed by atoms with E-state index in [4.69, 9.17) is 4.74 Å². The molecule has 1 aromatic rings. The summed E-state index contributed by atoms with van der Waals surface area (Å²) < 4.78 is 9.53. The maximum atomic E-state index is 10.7. The van der Waals surface area contributed by atoms with E-state index < -0.39 is 0 Å². The van der Waals surface area contributed by atoms with Crippen LogP contribution in [0.15, 0.2) is 24.3 Å². The molecule has 0 aromatic heterocycles. The second-order valence-electron chi connectivity index (χ2n) is 5.06. The Hall–Kier alpha value is -1.75. The highest BCUT2D eigenvalue weighted by atomic mass is 35.5. The maximum absolute atomic E-state index is 10.7. The van der Waals surface area contributed by atoms with Gasteiger partial charge in [0.05, 0.1) is 0 Å². The number of hydrogen-bond donors (Lipinski definition) is 1. The van der Waals surface area contributed by atoms with Gasteiger partial charge in [-0.3, -0.25) is 4.79 Å². The predicted molar refractivity (Wildman–Crippen MR) is 89.6 cm³/mol. The second kappa shape index (κ2) is 13.0. The van der Waals surface area contributed by atoms with Gasteiger partial charge < -0.3 is 14.8 Å². The van der Waals surface area contributed by atoms with Gasteiger partial charge in [0.25, 0.3) is 6.47 Å². The number of rotatable bonds is 3. The zero-order valence-corrected chi connectivity index (χ0v) is 14.9. The van der Waals surface area contributed by atoms with Crippen LogP contribution in [0.4, 0.5) is 4.79 Å². The van der Waals surface area contributed by atoms with Crippen LogP contribution in [-0.4, -0.2) is 31.1 Å². The summed E-state index contributed by atoms with van der Waals surface area (Å²) in [5.41, 5.74) is 0.693. The molecule has 1 N–H and O–H groups in total. The third-order valence-corrected chi connectivity index (χ3v) is 1.89. The molecule has 5 nitrogen and oxygen atoms in total. The van der Waals surface area contributed by atoms with E-state index in [0.717, 1.165) is 5.56 Å². The van der Waals surface area contributed by atoms with Crippen LogP contribution in [-0.2, 0) is 9.53 Å². The van der Waals surface area contributed by atoms with Crippen molar-refractivity contribution in [3.8, 4) is 5.75 Å². The fourth-order valence-corrected chi connectivity index (χ4v) is 1.20. The summed E-state index contributed by atoms with van der Waals surface area (Å²) in [6.07, 6.45) is 1.12. The van der Waals surface area contributed by atoms with Crippen molar-refractivity contribution in [2.75, 3.05) is 12.9 Å². The molecule has 0 saturated carbocycles. The van der Waals surface area contributed by atoms with Crippen LogP contribution in [0.3, 0.4) is 0 Å². The molecular weight excluding hydrogens is 306 g/mol. The summed E-state index contributed by atoms with van der Waals surface area (Å²) in [6, 6.07) is 7.32. The first-order valence-corrected chi connectivity index (χ1v) is 7.55. The number of alkyl carbamates (subject to hydrolysis) is 1. The van der Waals surface area contributed by atoms with E-state index in [1.165, 1.54) is 6.38 Å². The van der Waals surface area contributed by atoms with Gasteiger partial charge in [0.1, 0.15) is 11.4 Å². The topological polar surface area (TPSA) is 64.6 Å². The SMILES string of the molecule is CCNC(=O)OC(C)(C)C.CCl.Cc1cccc(OC=O)c1. The van der Waals surface area contributed by atoms with Crippen LogP contribution in [0.25, 0.3) is 0 Å². The van der Waals surface area contributed by atoms with Crippen LogP contribution in [0.5, 0.6) is 5.75 Å². The highest BCUT2D eigenvalue weighted by Gasteiger charge is 2.14. The first-order valence-electron chi connectivity index (χ1n) is 6.80. The second-order valence-corrected chi connectivity index (χ2v) is 5.06. The Morgan fingerprint density at radius 2 is 1.91 bits per heavy atom. The minimum absolute atomic E-state index is 0.352. The van der Waals surface area contributed by atoms with Crippen LogP contribution in [0.2, 0.25) is 0 Å². The number of alkyl halides is 1. The largest absolute Gasteiger partial charge is 0.444 e. The Bertz CT molecular complexity index is 430. The van der Waals surface area contributed by atoms with Gasteiger partial charge in [0.15, 0.2) is 0 Å². The number of amides is 1. The molecule has 0 aliphatic carbocycles. The zero-order chi connectivity index (χ0) is 17.6. The van der Waals surface area contributed by atoms with E-state index in [-0.39, 0.29) is 11.7 Å². The Labute approximate surface area is 137 Å². The lowest BCUT2D eigenvalue weighted by Crippen LogP contribution is -2.32. The van der Waals surface area contributed by atoms with Crippen LogP contribution in [0.1, 0.15) is 33.3 Å². The lowest BCUT2D eigenvalue weighted by molar-refractivity contribution is -0.120. The average molecular weight is 332 g/mol. The van der Waals surface area contributed by atoms with E-state index in [2.05, 4.69) is 21.7 Å². The Balaban J connectivity index is 0. The van der Waals surface area contributed by atoms with Crippen molar-refractivity contribution < 1.29 is 19.1 Å². The number of hydrogen-bond acceptors (Lipinski definition) is 4. The predicted octanol–water partition coefficient (Wildman–Crippen LogP) is 3.92. The summed E-state index contributed by atoms with van der Waals surface area (Å²) in [4.78, 5) is 20.6. The number of halogens is 1. The van der Waals surface area contributed by atoms with Gasteiger partial charge in [-0.05, 0) is 52.3 Å². The van der Waals surface area contributed by atoms with Gasteiger partial charge in [0, 0.05) is 12.9 Å². The number of nitrogens with one attached hydrogen (secondary N) is 1. The van der Waals surface area contributed by atoms with Crippen molar-refractivity contribution >= 4 is 24.2 Å². The molecule has 0 aliphatic heterocycles. The molecule has 126 valence electrons. The molecule has 0 fully saturated rings. The summed E-state index contributed by atoms with van der Waals surface area (Å²) in [5, 5.41) is 2.54. The maximum Gasteiger partial charge on any atom is 0.407 e. The number of aryl methyl sites for hydroxylation is 1. The summed E-state index contributed by atoms with van der Waals surface area (Å²) >= 11 is 4.64. The van der Waals surface area contributed by atoms with Gasteiger partial charge in [-0.15, -0.1) is 11.6 Å². The van der Waals surface area contributed by atoms with E-state index in [9.17, 15) is 9.59 Å². The molecule has 0 spiro atoms. The Kier molecular flexibility index (Phi) is 13.3. The molecule has 0 radical (unpaired) electrons. The molecule has 0 bridgehead atoms. The number of ether oxygens (including phenoxy) is 2. The van der Waals surface area contributed by atoms with Gasteiger partial charge in [-0.2, -0.15) is 0 Å². The average Bonchev–Trinajstić information content (AvgIpc) is 2.40. The molecule has 1 amide bonds. The zero-order valence-electron chi connectivity index (χ0n) is 14.1. The lowest BCUT2D eigenvalue weighted by atomic mass is 10.2. The summed E-state index contributed by atoms with van der Waals surface area (Å²) in [5.74, 6) is 0.593. The number of benzene rings is 1. The van der Waals surface area contributed by atoms with E-state index in [1.54, 1.807) is 12.1 Å². The van der Waals surface area contributed by atoms with Crippen LogP contribution in [0, 0.1) is 6.92 Å². The fraction of sp³-hybridized carbons (Fsp3) is 0.500. The minimum Gasteiger partial charge on any atom is -0.444 e. The third kappa shape index (κ3) is 14.7. The molecule has 6 heteroatoms. The Morgan fingerprint density at radius 1 is 1.32 bits per heavy atom. The third-order valence-electron chi connectivity index (χ3n) is 1.89. The van der Waals surface area contributed by atoms with Crippen molar-refractivity contribution in [1.29, 1.82) is 0 Å². The molecular formula is C16H26ClNO4. The highest BCUT2D eigenvalue weighted by Crippen LogP contribution is 2.10. The monoisotopic (exact) mass is 331 g/mol. The smallest absolute Gasteiger partial charge is 0.407 e. The van der Waals surface area contributed by atoms with Gasteiger partial charge in [-0.25, -0.2) is 4.79 Å². The van der Waals surface area contributed by atoms with E-state index in [1.807, 2.05) is 46.8 Å². The first kappa shape index (κ1) is 22.5. The van der Waals surface area contributed by atoms with E-state index in [0.29, 0.717) is 18.8 Å². The number of carbonyl (C=O) groups excluding carboxylic acids is 2. The standard InChI is InChI=1S/C8H8O2.C7H15NO2.CH3Cl/c1-7-3-2-4-8(5-7)10-6-9;1-5-8-6(9)10-7(2,3)4;1-2/h2-6H,1H3;5H2,1-4H3,(H,8,9);1H3. The van der Waals surface area contributed by atoms with Crippen molar-refractivity contribution in [2.45, 2.75) is 40.2 Å². The molecule has 0 saturated heterocycles. The molecule has 22 heavy (non-hydrogen) atoms. The molecule has 0 unspecified atom stereocenters. The quantitative estimate of drug-likeness (QED) is 0.673. The molecule has 1 aromatic carbocycles. The number of carbonyl (C=O) groups is 2. The normalized spacial score (nSPS) is 9.23. The van der Waals surface area contributed by atoms with E-state index >= 15 is 0 Å². The lowest BCUT2D eigenvalue weighted by Gasteiger charge is -2.19. The van der Waals surface area contributed by atoms with Crippen LogP contribution >= 0.6 is 11.6 Å². The fourth-order valence-electron chi connectivity index (χ4n) is 1.20. The van der Waals surface area contributed by atoms with Gasteiger partial charge in [0.2, 0.25) is 0 Å². The van der Waals surface area contributed by atoms with Crippen molar-refractivity contribution in [3.63, 3.8) is 0 Å². The van der Waals surface area contributed by atoms with Crippen molar-refractivity contribution in [3.05, 3.63) is 29.8 Å². The summed E-state index contributed by atoms with van der Waals surface area (Å²) in [7, 11) is 0. The van der Waals surface area contributed by atoms with Crippen LogP contribution < -0.4 is 10.1 Å². The van der Waals surface area contributed by atoms with Gasteiger partial charge >= 0.3 is 6.09 Å². The minimum atomic E-state index is -0.390. The summed E-state index contributed by atoms with van der Waals surface area (Å²) in [6.45, 7) is 10.3. The van der Waals surface area contributed by atoms with Gasteiger partial charge in [-0.1, -0.05) is 12.1 Å².